The Bertz CT molecular complexity index is 349. The highest BCUT2D eigenvalue weighted by atomic mass is 16.4. The lowest BCUT2D eigenvalue weighted by atomic mass is 9.80. The zero-order valence-electron chi connectivity index (χ0n) is 13.0. The Morgan fingerprint density at radius 1 is 1.20 bits per heavy atom. The van der Waals surface area contributed by atoms with Gasteiger partial charge in [0.15, 0.2) is 0 Å². The number of carbonyl (C=O) groups is 2. The minimum Gasteiger partial charge on any atom is -0.481 e. The molecule has 0 radical (unpaired) electrons. The summed E-state index contributed by atoms with van der Waals surface area (Å²) in [4.78, 5) is 23.1. The molecule has 1 fully saturated rings. The van der Waals surface area contributed by atoms with Crippen LogP contribution in [0.3, 0.4) is 0 Å². The fraction of sp³-hybridized carbons (Fsp3) is 0.867. The van der Waals surface area contributed by atoms with Gasteiger partial charge in [-0.15, -0.1) is 0 Å². The first-order valence-electron chi connectivity index (χ1n) is 7.54. The smallest absolute Gasteiger partial charge is 0.315 e. The molecule has 1 aliphatic carbocycles. The molecule has 0 saturated heterocycles. The highest BCUT2D eigenvalue weighted by molar-refractivity contribution is 5.77. The molecule has 0 spiro atoms. The van der Waals surface area contributed by atoms with E-state index in [4.69, 9.17) is 5.11 Å². The van der Waals surface area contributed by atoms with Gasteiger partial charge in [-0.2, -0.15) is 0 Å². The number of carboxylic acids is 1. The van der Waals surface area contributed by atoms with Crippen molar-refractivity contribution in [1.29, 1.82) is 0 Å². The van der Waals surface area contributed by atoms with Gasteiger partial charge in [-0.05, 0) is 44.4 Å². The van der Waals surface area contributed by atoms with Crippen molar-refractivity contribution < 1.29 is 14.7 Å². The van der Waals surface area contributed by atoms with Crippen LogP contribution in [0.15, 0.2) is 0 Å². The van der Waals surface area contributed by atoms with Gasteiger partial charge in [0.2, 0.25) is 0 Å². The molecule has 0 aliphatic heterocycles. The summed E-state index contributed by atoms with van der Waals surface area (Å²) in [7, 11) is 0. The van der Waals surface area contributed by atoms with E-state index in [1.54, 1.807) is 6.92 Å². The minimum atomic E-state index is -0.898. The van der Waals surface area contributed by atoms with E-state index in [1.807, 2.05) is 6.92 Å². The quantitative estimate of drug-likeness (QED) is 0.726. The Balaban J connectivity index is 2.42. The van der Waals surface area contributed by atoms with Crippen molar-refractivity contribution in [1.82, 2.24) is 10.6 Å². The highest BCUT2D eigenvalue weighted by Gasteiger charge is 2.32. The largest absolute Gasteiger partial charge is 0.481 e. The highest BCUT2D eigenvalue weighted by Crippen LogP contribution is 2.28. The maximum Gasteiger partial charge on any atom is 0.315 e. The van der Waals surface area contributed by atoms with Crippen LogP contribution in [-0.2, 0) is 4.79 Å². The van der Waals surface area contributed by atoms with Crippen LogP contribution in [0.5, 0.6) is 0 Å². The van der Waals surface area contributed by atoms with Gasteiger partial charge in [0.1, 0.15) is 0 Å². The van der Waals surface area contributed by atoms with Crippen LogP contribution in [0.25, 0.3) is 0 Å². The molecule has 0 aromatic rings. The summed E-state index contributed by atoms with van der Waals surface area (Å²) in [5, 5.41) is 14.8. The van der Waals surface area contributed by atoms with Gasteiger partial charge in [0, 0.05) is 12.6 Å². The second-order valence-electron chi connectivity index (χ2n) is 6.66. The molecule has 1 saturated carbocycles. The van der Waals surface area contributed by atoms with E-state index in [1.165, 1.54) is 6.42 Å². The van der Waals surface area contributed by atoms with Crippen LogP contribution in [0.1, 0.15) is 53.4 Å². The molecule has 3 unspecified atom stereocenters. The first-order chi connectivity index (χ1) is 9.26. The predicted octanol–water partition coefficient (Wildman–Crippen LogP) is 2.61. The normalized spacial score (nSPS) is 29.3. The number of aliphatic carboxylic acids is 1. The summed E-state index contributed by atoms with van der Waals surface area (Å²) in [5.41, 5.74) is -0.898. The van der Waals surface area contributed by atoms with E-state index in [9.17, 15) is 9.59 Å². The molecule has 1 aliphatic rings. The molecule has 3 N–H and O–H groups in total. The summed E-state index contributed by atoms with van der Waals surface area (Å²) in [5.74, 6) is 0.383. The molecule has 0 heterocycles. The first-order valence-corrected chi connectivity index (χ1v) is 7.54. The van der Waals surface area contributed by atoms with Crippen molar-refractivity contribution in [3.05, 3.63) is 0 Å². The number of nitrogens with one attached hydrogen (secondary N) is 2. The number of hydrogen-bond donors (Lipinski definition) is 3. The maximum absolute atomic E-state index is 11.9. The van der Waals surface area contributed by atoms with E-state index in [0.29, 0.717) is 18.3 Å². The van der Waals surface area contributed by atoms with Crippen LogP contribution in [0, 0.1) is 17.3 Å². The molecule has 0 bridgehead atoms. The van der Waals surface area contributed by atoms with Crippen molar-refractivity contribution in [2.24, 2.45) is 17.3 Å². The molecule has 116 valence electrons. The summed E-state index contributed by atoms with van der Waals surface area (Å²) in [6.45, 7) is 8.04. The van der Waals surface area contributed by atoms with Gasteiger partial charge in [-0.3, -0.25) is 4.79 Å². The van der Waals surface area contributed by atoms with E-state index < -0.39 is 11.4 Å². The molecule has 1 rings (SSSR count). The zero-order chi connectivity index (χ0) is 15.3. The molecule has 5 nitrogen and oxygen atoms in total. The van der Waals surface area contributed by atoms with Crippen molar-refractivity contribution >= 4 is 12.0 Å². The molecule has 0 aromatic heterocycles. The van der Waals surface area contributed by atoms with Crippen molar-refractivity contribution in [2.75, 3.05) is 6.54 Å². The van der Waals surface area contributed by atoms with Gasteiger partial charge in [0.25, 0.3) is 0 Å². The Labute approximate surface area is 121 Å². The van der Waals surface area contributed by atoms with Crippen molar-refractivity contribution in [2.45, 2.75) is 59.4 Å². The summed E-state index contributed by atoms with van der Waals surface area (Å²) >= 11 is 0. The Kier molecular flexibility index (Phi) is 5.84. The standard InChI is InChI=1S/C15H28N2O3/c1-5-15(4,13(18)19)9-16-14(20)17-12-7-10(2)6-11(3)8-12/h10-12H,5-9H2,1-4H3,(H,18,19)(H2,16,17,20). The number of rotatable bonds is 5. The molecular weight excluding hydrogens is 256 g/mol. The van der Waals surface area contributed by atoms with Crippen LogP contribution >= 0.6 is 0 Å². The van der Waals surface area contributed by atoms with Gasteiger partial charge in [-0.1, -0.05) is 20.8 Å². The lowest BCUT2D eigenvalue weighted by molar-refractivity contribution is -0.147. The third-order valence-electron chi connectivity index (χ3n) is 4.45. The monoisotopic (exact) mass is 284 g/mol. The maximum atomic E-state index is 11.9. The number of carboxylic acid groups (broad SMARTS) is 1. The fourth-order valence-corrected chi connectivity index (χ4v) is 2.93. The minimum absolute atomic E-state index is 0.155. The van der Waals surface area contributed by atoms with Crippen LogP contribution in [0.4, 0.5) is 4.79 Å². The second kappa shape index (κ2) is 6.95. The van der Waals surface area contributed by atoms with Crippen LogP contribution in [0.2, 0.25) is 0 Å². The average Bonchev–Trinajstić information content (AvgIpc) is 2.34. The molecule has 2 amide bonds. The van der Waals surface area contributed by atoms with Gasteiger partial charge in [-0.25, -0.2) is 4.79 Å². The molecule has 0 aromatic carbocycles. The summed E-state index contributed by atoms with van der Waals surface area (Å²) in [6, 6.07) is -0.0521. The lowest BCUT2D eigenvalue weighted by Crippen LogP contribution is -2.49. The van der Waals surface area contributed by atoms with Crippen molar-refractivity contribution in [3.63, 3.8) is 0 Å². The fourth-order valence-electron chi connectivity index (χ4n) is 2.93. The Hall–Kier alpha value is -1.26. The van der Waals surface area contributed by atoms with Crippen LogP contribution < -0.4 is 10.6 Å². The summed E-state index contributed by atoms with van der Waals surface area (Å²) < 4.78 is 0. The van der Waals surface area contributed by atoms with E-state index in [-0.39, 0.29) is 18.6 Å². The molecular formula is C15H28N2O3. The Morgan fingerprint density at radius 3 is 2.20 bits per heavy atom. The number of carbonyl (C=O) groups excluding carboxylic acids is 1. The average molecular weight is 284 g/mol. The van der Waals surface area contributed by atoms with Gasteiger partial charge >= 0.3 is 12.0 Å². The van der Waals surface area contributed by atoms with Crippen molar-refractivity contribution in [3.8, 4) is 0 Å². The zero-order valence-corrected chi connectivity index (χ0v) is 13.0. The van der Waals surface area contributed by atoms with Gasteiger partial charge in [0.05, 0.1) is 5.41 Å². The van der Waals surface area contributed by atoms with E-state index in [2.05, 4.69) is 24.5 Å². The molecule has 3 atom stereocenters. The SMILES string of the molecule is CCC(C)(CNC(=O)NC1CC(C)CC(C)C1)C(=O)O. The molecule has 20 heavy (non-hydrogen) atoms. The second-order valence-corrected chi connectivity index (χ2v) is 6.66. The third kappa shape index (κ3) is 4.69. The topological polar surface area (TPSA) is 78.4 Å². The third-order valence-corrected chi connectivity index (χ3v) is 4.45. The number of hydrogen-bond acceptors (Lipinski definition) is 2. The lowest BCUT2D eigenvalue weighted by Gasteiger charge is -2.32. The molecule has 5 heteroatoms. The van der Waals surface area contributed by atoms with E-state index in [0.717, 1.165) is 12.8 Å². The number of amides is 2. The van der Waals surface area contributed by atoms with E-state index >= 15 is 0 Å². The predicted molar refractivity (Wildman–Crippen MR) is 78.5 cm³/mol. The number of urea groups is 1. The van der Waals surface area contributed by atoms with Crippen LogP contribution in [-0.4, -0.2) is 29.7 Å². The Morgan fingerprint density at radius 2 is 1.75 bits per heavy atom. The first kappa shape index (κ1) is 16.8. The van der Waals surface area contributed by atoms with Gasteiger partial charge < -0.3 is 15.7 Å². The summed E-state index contributed by atoms with van der Waals surface area (Å²) in [6.07, 6.45) is 3.70.